The van der Waals surface area contributed by atoms with E-state index < -0.39 is 0 Å². The third-order valence-electron chi connectivity index (χ3n) is 6.28. The van der Waals surface area contributed by atoms with Crippen LogP contribution in [0, 0.1) is 22.7 Å². The summed E-state index contributed by atoms with van der Waals surface area (Å²) in [5.41, 5.74) is 2.55. The summed E-state index contributed by atoms with van der Waals surface area (Å²) < 4.78 is 0. The zero-order valence-corrected chi connectivity index (χ0v) is 11.3. The number of allylic oxidation sites excluding steroid dienone is 2. The summed E-state index contributed by atoms with van der Waals surface area (Å²) in [6.07, 6.45) is 11.8. The van der Waals surface area contributed by atoms with Crippen LogP contribution in [0.25, 0.3) is 0 Å². The lowest BCUT2D eigenvalue weighted by molar-refractivity contribution is 0.0466. The van der Waals surface area contributed by atoms with Gasteiger partial charge in [-0.2, -0.15) is 0 Å². The first kappa shape index (κ1) is 11.8. The minimum atomic E-state index is 0.333. The third kappa shape index (κ3) is 1.54. The molecule has 0 aromatic rings. The zero-order valence-electron chi connectivity index (χ0n) is 11.3. The molecule has 3 atom stereocenters. The lowest BCUT2D eigenvalue weighted by atomic mass is 9.60. The summed E-state index contributed by atoms with van der Waals surface area (Å²) >= 11 is 0. The lowest BCUT2D eigenvalue weighted by Gasteiger charge is -2.45. The first-order valence-electron chi connectivity index (χ1n) is 7.42. The fourth-order valence-corrected chi connectivity index (χ4v) is 5.17. The van der Waals surface area contributed by atoms with Crippen LogP contribution in [0.15, 0.2) is 11.6 Å². The van der Waals surface area contributed by atoms with E-state index in [9.17, 15) is 5.11 Å². The molecule has 0 amide bonds. The van der Waals surface area contributed by atoms with Crippen molar-refractivity contribution in [2.75, 3.05) is 6.61 Å². The van der Waals surface area contributed by atoms with Crippen LogP contribution in [0.4, 0.5) is 0 Å². The van der Waals surface area contributed by atoms with Gasteiger partial charge in [0.05, 0.1) is 0 Å². The summed E-state index contributed by atoms with van der Waals surface area (Å²) in [5.74, 6) is 1.62. The first-order chi connectivity index (χ1) is 8.16. The van der Waals surface area contributed by atoms with E-state index in [1.54, 1.807) is 5.57 Å². The number of aliphatic hydroxyl groups is 1. The topological polar surface area (TPSA) is 20.2 Å². The maximum atomic E-state index is 9.73. The Morgan fingerprint density at radius 1 is 1.29 bits per heavy atom. The second-order valence-electron chi connectivity index (χ2n) is 6.93. The summed E-state index contributed by atoms with van der Waals surface area (Å²) in [4.78, 5) is 0. The number of hydrogen-bond acceptors (Lipinski definition) is 1. The fourth-order valence-electron chi connectivity index (χ4n) is 5.17. The monoisotopic (exact) mass is 234 g/mol. The van der Waals surface area contributed by atoms with Crippen molar-refractivity contribution in [1.82, 2.24) is 0 Å². The van der Waals surface area contributed by atoms with Gasteiger partial charge < -0.3 is 5.11 Å². The van der Waals surface area contributed by atoms with Crippen LogP contribution in [0.5, 0.6) is 0 Å². The van der Waals surface area contributed by atoms with Crippen molar-refractivity contribution in [3.8, 4) is 0 Å². The second kappa shape index (κ2) is 3.85. The molecule has 2 unspecified atom stereocenters. The van der Waals surface area contributed by atoms with E-state index in [4.69, 9.17) is 0 Å². The average Bonchev–Trinajstić information content (AvgIpc) is 3.05. The van der Waals surface area contributed by atoms with Crippen LogP contribution in [-0.2, 0) is 0 Å². The Labute approximate surface area is 105 Å². The van der Waals surface area contributed by atoms with E-state index in [0.717, 1.165) is 11.8 Å². The average molecular weight is 234 g/mol. The molecule has 1 heteroatoms. The van der Waals surface area contributed by atoms with Crippen LogP contribution in [-0.4, -0.2) is 11.7 Å². The molecular formula is C16H26O. The highest BCUT2D eigenvalue weighted by molar-refractivity contribution is 5.20. The van der Waals surface area contributed by atoms with Gasteiger partial charge in [-0.3, -0.25) is 0 Å². The van der Waals surface area contributed by atoms with Crippen molar-refractivity contribution in [3.63, 3.8) is 0 Å². The molecule has 0 saturated heterocycles. The van der Waals surface area contributed by atoms with Crippen LogP contribution in [0.3, 0.4) is 0 Å². The van der Waals surface area contributed by atoms with Gasteiger partial charge in [0.2, 0.25) is 0 Å². The van der Waals surface area contributed by atoms with Crippen molar-refractivity contribution in [2.45, 2.75) is 58.8 Å². The Kier molecular flexibility index (Phi) is 2.66. The Hall–Kier alpha value is -0.300. The number of aliphatic hydroxyl groups excluding tert-OH is 1. The maximum Gasteiger partial charge on any atom is 0.0490 e. The molecule has 0 aliphatic heterocycles. The molecule has 0 radical (unpaired) electrons. The number of hydrogen-bond donors (Lipinski definition) is 1. The molecule has 0 aromatic carbocycles. The van der Waals surface area contributed by atoms with E-state index >= 15 is 0 Å². The van der Waals surface area contributed by atoms with Crippen molar-refractivity contribution < 1.29 is 5.11 Å². The van der Waals surface area contributed by atoms with Gasteiger partial charge in [-0.05, 0) is 74.5 Å². The fraction of sp³-hybridized carbons (Fsp3) is 0.875. The van der Waals surface area contributed by atoms with Gasteiger partial charge in [0.15, 0.2) is 0 Å². The van der Waals surface area contributed by atoms with Crippen LogP contribution >= 0.6 is 0 Å². The molecule has 3 aliphatic rings. The van der Waals surface area contributed by atoms with Gasteiger partial charge in [-0.15, -0.1) is 0 Å². The zero-order chi connectivity index (χ0) is 12.1. The Bertz CT molecular complexity index is 339. The Morgan fingerprint density at radius 3 is 2.65 bits per heavy atom. The van der Waals surface area contributed by atoms with Gasteiger partial charge in [0, 0.05) is 6.61 Å². The molecule has 1 nitrogen and oxygen atoms in total. The molecule has 3 fully saturated rings. The van der Waals surface area contributed by atoms with Crippen LogP contribution in [0.2, 0.25) is 0 Å². The van der Waals surface area contributed by atoms with Gasteiger partial charge in [0.25, 0.3) is 0 Å². The highest BCUT2D eigenvalue weighted by atomic mass is 16.3. The predicted octanol–water partition coefficient (Wildman–Crippen LogP) is 3.92. The molecule has 17 heavy (non-hydrogen) atoms. The minimum Gasteiger partial charge on any atom is -0.396 e. The third-order valence-corrected chi connectivity index (χ3v) is 6.28. The normalized spacial score (nSPS) is 45.9. The van der Waals surface area contributed by atoms with Gasteiger partial charge in [-0.1, -0.05) is 18.6 Å². The number of fused-ring (bicyclic) bond motifs is 1. The van der Waals surface area contributed by atoms with Crippen LogP contribution in [0.1, 0.15) is 58.8 Å². The van der Waals surface area contributed by atoms with Crippen molar-refractivity contribution in [2.24, 2.45) is 22.7 Å². The van der Waals surface area contributed by atoms with Gasteiger partial charge in [0.1, 0.15) is 0 Å². The quantitative estimate of drug-likeness (QED) is 0.718. The summed E-state index contributed by atoms with van der Waals surface area (Å²) in [6, 6.07) is 0. The van der Waals surface area contributed by atoms with Crippen LogP contribution < -0.4 is 0 Å². The molecule has 3 rings (SSSR count). The van der Waals surface area contributed by atoms with E-state index in [0.29, 0.717) is 17.4 Å². The molecule has 3 saturated carbocycles. The summed E-state index contributed by atoms with van der Waals surface area (Å²) in [7, 11) is 0. The van der Waals surface area contributed by atoms with E-state index in [2.05, 4.69) is 19.9 Å². The van der Waals surface area contributed by atoms with E-state index in [-0.39, 0.29) is 0 Å². The van der Waals surface area contributed by atoms with Crippen molar-refractivity contribution in [3.05, 3.63) is 11.6 Å². The smallest absolute Gasteiger partial charge is 0.0490 e. The van der Waals surface area contributed by atoms with Crippen molar-refractivity contribution >= 4 is 0 Å². The predicted molar refractivity (Wildman–Crippen MR) is 70.7 cm³/mol. The standard InChI is InChI=1S/C16H26O/c1-3-12-5-4-8-15(2)13(12)6-7-14(15)16(11-17)9-10-16/h3,13-14,17H,4-11H2,1-2H3/b12-3+/t13-,14?,15?/m0/s1. The lowest BCUT2D eigenvalue weighted by Crippen LogP contribution is -2.38. The molecule has 0 heterocycles. The molecule has 0 aromatic heterocycles. The van der Waals surface area contributed by atoms with Gasteiger partial charge in [-0.25, -0.2) is 0 Å². The minimum absolute atomic E-state index is 0.333. The SMILES string of the molecule is C/C=C1\CCCC2(C)C(C3(CO)CC3)CC[C@@H]12. The van der Waals surface area contributed by atoms with Crippen molar-refractivity contribution in [1.29, 1.82) is 0 Å². The molecule has 0 spiro atoms. The number of rotatable bonds is 2. The van der Waals surface area contributed by atoms with E-state index in [1.165, 1.54) is 44.9 Å². The molecule has 3 aliphatic carbocycles. The Morgan fingerprint density at radius 2 is 2.06 bits per heavy atom. The maximum absolute atomic E-state index is 9.73. The molecule has 0 bridgehead atoms. The largest absolute Gasteiger partial charge is 0.396 e. The first-order valence-corrected chi connectivity index (χ1v) is 7.42. The second-order valence-corrected chi connectivity index (χ2v) is 6.93. The Balaban J connectivity index is 1.90. The molecule has 1 N–H and O–H groups in total. The molecule has 96 valence electrons. The molecular weight excluding hydrogens is 208 g/mol. The van der Waals surface area contributed by atoms with E-state index in [1.807, 2.05) is 0 Å². The highest BCUT2D eigenvalue weighted by Crippen LogP contribution is 2.68. The summed E-state index contributed by atoms with van der Waals surface area (Å²) in [6.45, 7) is 5.17. The van der Waals surface area contributed by atoms with Gasteiger partial charge >= 0.3 is 0 Å². The summed E-state index contributed by atoms with van der Waals surface area (Å²) in [5, 5.41) is 9.73. The highest BCUT2D eigenvalue weighted by Gasteiger charge is 2.60.